The summed E-state index contributed by atoms with van der Waals surface area (Å²) in [5.41, 5.74) is 0. The summed E-state index contributed by atoms with van der Waals surface area (Å²) < 4.78 is 34.5. The molecule has 2 atom stereocenters. The quantitative estimate of drug-likeness (QED) is 0.0327. The summed E-state index contributed by atoms with van der Waals surface area (Å²) in [6.45, 7) is 24.2. The van der Waals surface area contributed by atoms with E-state index in [1.807, 2.05) is 0 Å². The first-order valence-corrected chi connectivity index (χ1v) is 30.5. The second-order valence-corrected chi connectivity index (χ2v) is 20.8. The largest absolute Gasteiger partial charge is 0.508 e. The molecule has 0 heterocycles. The first-order chi connectivity index (χ1) is 35.1. The van der Waals surface area contributed by atoms with Gasteiger partial charge in [-0.15, -0.1) is 0 Å². The minimum absolute atomic E-state index is 0.159. The van der Waals surface area contributed by atoms with Gasteiger partial charge in [-0.25, -0.2) is 9.59 Å². The molecule has 0 aromatic carbocycles. The van der Waals surface area contributed by atoms with Gasteiger partial charge in [0, 0.05) is 39.0 Å². The standard InChI is InChI=1S/C60H116N2O10/c1-9-17-23-29-39-55(41-31-43-57(63)69-51-53(35-25-19-11-3)36-26-20-12-4)71-59(65)67-49-33-45-62(48-47-61(15-7)16-8)46-34-50-68-60(66)72-56(40-30-24-18-10-2)42-32-44-58(64)70-52-54(37-27-21-13-5)38-28-22-14-6/h53-56H,9-52H2,1-8H3. The molecule has 2 unspecified atom stereocenters. The van der Waals surface area contributed by atoms with Crippen LogP contribution in [0.2, 0.25) is 0 Å². The lowest BCUT2D eigenvalue weighted by Gasteiger charge is -2.26. The maximum absolute atomic E-state index is 13.0. The van der Waals surface area contributed by atoms with Crippen molar-refractivity contribution < 1.29 is 47.6 Å². The molecule has 0 fully saturated rings. The predicted molar refractivity (Wildman–Crippen MR) is 297 cm³/mol. The van der Waals surface area contributed by atoms with E-state index in [9.17, 15) is 19.2 Å². The number of hydrogen-bond donors (Lipinski definition) is 0. The Labute approximate surface area is 443 Å². The van der Waals surface area contributed by atoms with Crippen LogP contribution in [-0.2, 0) is 38.0 Å². The smallest absolute Gasteiger partial charge is 0.465 e. The van der Waals surface area contributed by atoms with Crippen LogP contribution in [0.3, 0.4) is 0 Å². The van der Waals surface area contributed by atoms with Crippen LogP contribution in [0.25, 0.3) is 0 Å². The molecule has 12 heteroatoms. The number of hydrogen-bond acceptors (Lipinski definition) is 12. The van der Waals surface area contributed by atoms with E-state index >= 15 is 0 Å². The number of ether oxygens (including phenoxy) is 6. The minimum Gasteiger partial charge on any atom is -0.465 e. The zero-order chi connectivity index (χ0) is 53.1. The molecular weight excluding hydrogens is 909 g/mol. The molecule has 12 nitrogen and oxygen atoms in total. The van der Waals surface area contributed by atoms with E-state index in [4.69, 9.17) is 28.4 Å². The maximum atomic E-state index is 13.0. The Kier molecular flexibility index (Phi) is 50.0. The third-order valence-electron chi connectivity index (χ3n) is 14.2. The molecule has 0 aromatic rings. The number of nitrogens with zero attached hydrogens (tertiary/aromatic N) is 2. The summed E-state index contributed by atoms with van der Waals surface area (Å²) in [7, 11) is 0. The second kappa shape index (κ2) is 51.9. The van der Waals surface area contributed by atoms with Gasteiger partial charge in [-0.2, -0.15) is 0 Å². The van der Waals surface area contributed by atoms with Crippen molar-refractivity contribution in [3.05, 3.63) is 0 Å². The minimum atomic E-state index is -0.648. The van der Waals surface area contributed by atoms with Crippen LogP contribution in [0.15, 0.2) is 0 Å². The number of carbonyl (C=O) groups excluding carboxylic acids is 4. The Hall–Kier alpha value is -2.60. The van der Waals surface area contributed by atoms with Gasteiger partial charge in [0.2, 0.25) is 0 Å². The number of unbranched alkanes of at least 4 members (excludes halogenated alkanes) is 14. The molecule has 0 saturated heterocycles. The maximum Gasteiger partial charge on any atom is 0.508 e. The SMILES string of the molecule is CCCCCCC(CCCC(=O)OCC(CCCCC)CCCCC)OC(=O)OCCCN(CCCOC(=O)OC(CCCCCC)CCCC(=O)OCC(CCCCC)CCCCC)CCN(CC)CC. The van der Waals surface area contributed by atoms with Crippen molar-refractivity contribution in [3.8, 4) is 0 Å². The molecule has 0 N–H and O–H groups in total. The van der Waals surface area contributed by atoms with Crippen LogP contribution in [0.4, 0.5) is 9.59 Å². The zero-order valence-electron chi connectivity index (χ0n) is 48.4. The fraction of sp³-hybridized carbons (Fsp3) is 0.933. The lowest BCUT2D eigenvalue weighted by Crippen LogP contribution is -2.37. The van der Waals surface area contributed by atoms with E-state index in [0.29, 0.717) is 76.4 Å². The van der Waals surface area contributed by atoms with Crippen LogP contribution in [0.1, 0.15) is 274 Å². The summed E-state index contributed by atoms with van der Waals surface area (Å²) in [4.78, 5) is 56.3. The Morgan fingerprint density at radius 1 is 0.333 bits per heavy atom. The lowest BCUT2D eigenvalue weighted by molar-refractivity contribution is -0.146. The monoisotopic (exact) mass is 1020 g/mol. The van der Waals surface area contributed by atoms with E-state index < -0.39 is 12.3 Å². The van der Waals surface area contributed by atoms with Gasteiger partial charge in [-0.1, -0.05) is 171 Å². The van der Waals surface area contributed by atoms with Gasteiger partial charge >= 0.3 is 24.2 Å². The van der Waals surface area contributed by atoms with Gasteiger partial charge in [-0.05, 0) is 115 Å². The van der Waals surface area contributed by atoms with Crippen LogP contribution >= 0.6 is 0 Å². The summed E-state index contributed by atoms with van der Waals surface area (Å²) in [5, 5.41) is 0. The van der Waals surface area contributed by atoms with E-state index in [2.05, 4.69) is 65.2 Å². The Morgan fingerprint density at radius 2 is 0.653 bits per heavy atom. The molecule has 0 spiro atoms. The van der Waals surface area contributed by atoms with Crippen molar-refractivity contribution >= 4 is 24.2 Å². The summed E-state index contributed by atoms with van der Waals surface area (Å²) in [5.74, 6) is 0.552. The highest BCUT2D eigenvalue weighted by Crippen LogP contribution is 2.22. The Balaban J connectivity index is 5.12. The van der Waals surface area contributed by atoms with E-state index in [-0.39, 0.29) is 37.4 Å². The summed E-state index contributed by atoms with van der Waals surface area (Å²) >= 11 is 0. The van der Waals surface area contributed by atoms with Crippen molar-refractivity contribution in [2.24, 2.45) is 11.8 Å². The Bertz CT molecular complexity index is 1130. The van der Waals surface area contributed by atoms with Gasteiger partial charge < -0.3 is 38.2 Å². The third-order valence-corrected chi connectivity index (χ3v) is 14.2. The third kappa shape index (κ3) is 43.8. The number of esters is 2. The molecular formula is C60H116N2O10. The van der Waals surface area contributed by atoms with Gasteiger partial charge in [0.15, 0.2) is 0 Å². The molecule has 0 rings (SSSR count). The molecule has 426 valence electrons. The molecule has 0 aliphatic heterocycles. The topological polar surface area (TPSA) is 130 Å². The van der Waals surface area contributed by atoms with Crippen molar-refractivity contribution in [2.45, 2.75) is 286 Å². The van der Waals surface area contributed by atoms with Crippen LogP contribution in [0.5, 0.6) is 0 Å². The number of rotatable bonds is 53. The lowest BCUT2D eigenvalue weighted by atomic mass is 9.96. The molecule has 0 saturated carbocycles. The molecule has 0 aliphatic carbocycles. The van der Waals surface area contributed by atoms with Gasteiger partial charge in [0.05, 0.1) is 26.4 Å². The summed E-state index contributed by atoms with van der Waals surface area (Å²) in [6, 6.07) is 0. The molecule has 0 radical (unpaired) electrons. The van der Waals surface area contributed by atoms with Crippen molar-refractivity contribution in [1.82, 2.24) is 9.80 Å². The van der Waals surface area contributed by atoms with Crippen LogP contribution in [-0.4, -0.2) is 112 Å². The average molecular weight is 1030 g/mol. The molecule has 0 aromatic heterocycles. The highest BCUT2D eigenvalue weighted by atomic mass is 16.7. The molecule has 72 heavy (non-hydrogen) atoms. The predicted octanol–water partition coefficient (Wildman–Crippen LogP) is 16.4. The first kappa shape index (κ1) is 69.4. The van der Waals surface area contributed by atoms with Gasteiger partial charge in [0.1, 0.15) is 12.2 Å². The number of carbonyl (C=O) groups is 4. The average Bonchev–Trinajstić information content (AvgIpc) is 3.37. The highest BCUT2D eigenvalue weighted by molar-refractivity contribution is 5.69. The second-order valence-electron chi connectivity index (χ2n) is 20.8. The van der Waals surface area contributed by atoms with E-state index in [0.717, 1.165) is 129 Å². The summed E-state index contributed by atoms with van der Waals surface area (Å²) in [6.07, 6.45) is 31.5. The molecule has 0 aliphatic rings. The van der Waals surface area contributed by atoms with Gasteiger partial charge in [0.25, 0.3) is 0 Å². The van der Waals surface area contributed by atoms with E-state index in [1.54, 1.807) is 0 Å². The van der Waals surface area contributed by atoms with Crippen LogP contribution in [0, 0.1) is 11.8 Å². The first-order valence-electron chi connectivity index (χ1n) is 30.5. The zero-order valence-corrected chi connectivity index (χ0v) is 48.4. The normalized spacial score (nSPS) is 12.4. The Morgan fingerprint density at radius 3 is 1.00 bits per heavy atom. The van der Waals surface area contributed by atoms with Crippen molar-refractivity contribution in [2.75, 3.05) is 65.7 Å². The van der Waals surface area contributed by atoms with Crippen molar-refractivity contribution in [3.63, 3.8) is 0 Å². The number of likely N-dealkylation sites (N-methyl/N-ethyl adjacent to an activating group) is 1. The van der Waals surface area contributed by atoms with Crippen LogP contribution < -0.4 is 0 Å². The molecule has 0 bridgehead atoms. The van der Waals surface area contributed by atoms with Gasteiger partial charge in [-0.3, -0.25) is 9.59 Å². The fourth-order valence-corrected chi connectivity index (χ4v) is 9.38. The highest BCUT2D eigenvalue weighted by Gasteiger charge is 2.20. The van der Waals surface area contributed by atoms with Crippen molar-refractivity contribution in [1.29, 1.82) is 0 Å². The van der Waals surface area contributed by atoms with E-state index in [1.165, 1.54) is 77.0 Å². The molecule has 0 amide bonds. The fourth-order valence-electron chi connectivity index (χ4n) is 9.38.